The average molecular weight is 505 g/mol. The van der Waals surface area contributed by atoms with E-state index in [1.807, 2.05) is 5.32 Å². The van der Waals surface area contributed by atoms with Gasteiger partial charge in [0.25, 0.3) is 0 Å². The Kier molecular flexibility index (Phi) is 13.0. The lowest BCUT2D eigenvalue weighted by atomic mass is 10.1. The van der Waals surface area contributed by atoms with Crippen LogP contribution in [0.15, 0.2) is 0 Å². The Labute approximate surface area is 197 Å². The first kappa shape index (κ1) is 30.7. The summed E-state index contributed by atoms with van der Waals surface area (Å²) < 4.78 is 0. The zero-order valence-corrected chi connectivity index (χ0v) is 18.3. The summed E-state index contributed by atoms with van der Waals surface area (Å²) >= 11 is 0. The quantitative estimate of drug-likeness (QED) is 0.0909. The third kappa shape index (κ3) is 13.1. The summed E-state index contributed by atoms with van der Waals surface area (Å²) in [5, 5.41) is 41.5. The molecular weight excluding hydrogens is 478 g/mol. The van der Waals surface area contributed by atoms with Gasteiger partial charge in [-0.2, -0.15) is 0 Å². The van der Waals surface area contributed by atoms with Crippen LogP contribution in [0.25, 0.3) is 0 Å². The molecule has 0 spiro atoms. The minimum atomic E-state index is -1.90. The number of primary amides is 1. The van der Waals surface area contributed by atoms with E-state index in [0.29, 0.717) is 0 Å². The molecule has 0 aliphatic rings. The molecule has 0 aliphatic carbocycles. The van der Waals surface area contributed by atoms with Crippen LogP contribution in [0.5, 0.6) is 0 Å². The monoisotopic (exact) mass is 505 g/mol. The molecule has 0 radical (unpaired) electrons. The van der Waals surface area contributed by atoms with Crippen molar-refractivity contribution in [2.45, 2.75) is 62.7 Å². The van der Waals surface area contributed by atoms with E-state index in [2.05, 4.69) is 10.6 Å². The van der Waals surface area contributed by atoms with E-state index in [1.54, 1.807) is 0 Å². The van der Waals surface area contributed by atoms with Gasteiger partial charge in [-0.3, -0.25) is 33.6 Å². The van der Waals surface area contributed by atoms with Crippen molar-refractivity contribution in [1.29, 1.82) is 0 Å². The van der Waals surface area contributed by atoms with Gasteiger partial charge in [-0.25, -0.2) is 4.79 Å². The molecule has 0 aromatic heterocycles. The van der Waals surface area contributed by atoms with Gasteiger partial charge in [0.05, 0.1) is 18.9 Å². The zero-order valence-electron chi connectivity index (χ0n) is 18.3. The van der Waals surface area contributed by atoms with E-state index in [0.717, 1.165) is 0 Å². The topological polar surface area (TPSA) is 306 Å². The fourth-order valence-corrected chi connectivity index (χ4v) is 2.57. The number of amides is 4. The van der Waals surface area contributed by atoms with Crippen molar-refractivity contribution in [3.05, 3.63) is 0 Å². The molecule has 17 nitrogen and oxygen atoms in total. The molecule has 17 heteroatoms. The fraction of sp³-hybridized carbons (Fsp3) is 0.556. The lowest BCUT2D eigenvalue weighted by Crippen LogP contribution is -2.57. The molecule has 0 bridgehead atoms. The second-order valence-electron chi connectivity index (χ2n) is 7.26. The highest BCUT2D eigenvalue weighted by Crippen LogP contribution is 2.05. The second-order valence-corrected chi connectivity index (χ2v) is 7.26. The van der Waals surface area contributed by atoms with Crippen LogP contribution in [0.3, 0.4) is 0 Å². The number of carbonyl (C=O) groups is 8. The first-order valence-electron chi connectivity index (χ1n) is 9.97. The summed E-state index contributed by atoms with van der Waals surface area (Å²) in [5.74, 6) is -10.4. The lowest BCUT2D eigenvalue weighted by Gasteiger charge is -2.24. The van der Waals surface area contributed by atoms with Gasteiger partial charge in [-0.15, -0.1) is 0 Å². The van der Waals surface area contributed by atoms with Crippen LogP contribution >= 0.6 is 0 Å². The fourth-order valence-electron chi connectivity index (χ4n) is 2.57. The van der Waals surface area contributed by atoms with Crippen molar-refractivity contribution in [2.24, 2.45) is 11.5 Å². The largest absolute Gasteiger partial charge is 0.481 e. The van der Waals surface area contributed by atoms with Gasteiger partial charge in [0, 0.05) is 12.8 Å². The maximum atomic E-state index is 12.7. The maximum Gasteiger partial charge on any atom is 0.326 e. The number of carboxylic acid groups (broad SMARTS) is 4. The molecule has 0 saturated carbocycles. The summed E-state index contributed by atoms with van der Waals surface area (Å²) in [7, 11) is 0. The third-order valence-electron chi connectivity index (χ3n) is 4.32. The summed E-state index contributed by atoms with van der Waals surface area (Å²) in [6.45, 7) is 0. The number of rotatable bonds is 17. The zero-order chi connectivity index (χ0) is 27.3. The summed E-state index contributed by atoms with van der Waals surface area (Å²) in [6.07, 6.45) is -3.87. The minimum Gasteiger partial charge on any atom is -0.481 e. The van der Waals surface area contributed by atoms with E-state index < -0.39 is 110 Å². The Morgan fingerprint density at radius 2 is 1.03 bits per heavy atom. The smallest absolute Gasteiger partial charge is 0.326 e. The van der Waals surface area contributed by atoms with Gasteiger partial charge in [0.1, 0.15) is 18.1 Å². The van der Waals surface area contributed by atoms with Crippen LogP contribution < -0.4 is 27.4 Å². The van der Waals surface area contributed by atoms with Crippen LogP contribution in [-0.2, 0) is 38.4 Å². The van der Waals surface area contributed by atoms with E-state index >= 15 is 0 Å². The predicted octanol–water partition coefficient (Wildman–Crippen LogP) is -4.07. The molecule has 0 aliphatic heterocycles. The Balaban J connectivity index is 5.67. The van der Waals surface area contributed by atoms with Gasteiger partial charge in [-0.1, -0.05) is 0 Å². The first-order valence-corrected chi connectivity index (χ1v) is 9.97. The Hall–Kier alpha value is -4.28. The molecule has 0 rings (SSSR count). The van der Waals surface area contributed by atoms with Gasteiger partial charge in [-0.05, 0) is 12.8 Å². The highest BCUT2D eigenvalue weighted by Gasteiger charge is 2.31. The van der Waals surface area contributed by atoms with Crippen molar-refractivity contribution in [3.8, 4) is 0 Å². The molecule has 196 valence electrons. The SMILES string of the molecule is NC(=O)CCC(NC(=O)C(N)CC(=O)O)C(=O)NC(CCC(=O)O)C(=O)NC(CC(=O)O)C(=O)O. The van der Waals surface area contributed by atoms with E-state index in [1.165, 1.54) is 0 Å². The summed E-state index contributed by atoms with van der Waals surface area (Å²) in [6, 6.07) is -6.72. The summed E-state index contributed by atoms with van der Waals surface area (Å²) in [4.78, 5) is 92.1. The van der Waals surface area contributed by atoms with Crippen LogP contribution in [0.1, 0.15) is 38.5 Å². The number of nitrogens with one attached hydrogen (secondary N) is 3. The normalized spacial score (nSPS) is 13.9. The molecule has 0 heterocycles. The molecule has 0 aromatic rings. The van der Waals surface area contributed by atoms with Gasteiger partial charge in [0.2, 0.25) is 23.6 Å². The van der Waals surface area contributed by atoms with Crippen molar-refractivity contribution in [3.63, 3.8) is 0 Å². The second kappa shape index (κ2) is 14.8. The molecule has 4 unspecified atom stereocenters. The van der Waals surface area contributed by atoms with Crippen molar-refractivity contribution >= 4 is 47.5 Å². The van der Waals surface area contributed by atoms with E-state index in [9.17, 15) is 38.4 Å². The predicted molar refractivity (Wildman–Crippen MR) is 111 cm³/mol. The Morgan fingerprint density at radius 3 is 1.43 bits per heavy atom. The van der Waals surface area contributed by atoms with Crippen LogP contribution in [0, 0.1) is 0 Å². The molecule has 0 saturated heterocycles. The maximum absolute atomic E-state index is 12.7. The van der Waals surface area contributed by atoms with E-state index in [4.69, 9.17) is 31.9 Å². The number of nitrogens with two attached hydrogens (primary N) is 2. The van der Waals surface area contributed by atoms with Gasteiger partial charge < -0.3 is 47.8 Å². The third-order valence-corrected chi connectivity index (χ3v) is 4.32. The molecule has 11 N–H and O–H groups in total. The number of hydrogen-bond donors (Lipinski definition) is 9. The molecule has 0 aromatic carbocycles. The highest BCUT2D eigenvalue weighted by atomic mass is 16.4. The number of carboxylic acids is 4. The Bertz CT molecular complexity index is 861. The number of carbonyl (C=O) groups excluding carboxylic acids is 4. The number of aliphatic carboxylic acids is 4. The van der Waals surface area contributed by atoms with Gasteiger partial charge >= 0.3 is 23.9 Å². The van der Waals surface area contributed by atoms with Gasteiger partial charge in [0.15, 0.2) is 0 Å². The average Bonchev–Trinajstić information content (AvgIpc) is 2.71. The first-order chi connectivity index (χ1) is 16.1. The molecule has 35 heavy (non-hydrogen) atoms. The van der Waals surface area contributed by atoms with Crippen LogP contribution in [-0.4, -0.2) is 92.1 Å². The lowest BCUT2D eigenvalue weighted by molar-refractivity contribution is -0.147. The standard InChI is InChI=1S/C18H27N5O12/c19-7(5-13(27)28)15(31)21-8(1-3-11(20)24)16(32)22-9(2-4-12(25)26)17(33)23-10(18(34)35)6-14(29)30/h7-10H,1-6,19H2,(H2,20,24)(H,21,31)(H,22,32)(H,23,33)(H,25,26)(H,27,28)(H,29,30)(H,34,35). The molecule has 4 amide bonds. The van der Waals surface area contributed by atoms with Crippen LogP contribution in [0.2, 0.25) is 0 Å². The van der Waals surface area contributed by atoms with E-state index in [-0.39, 0.29) is 0 Å². The minimum absolute atomic E-state index is 0.406. The Morgan fingerprint density at radius 1 is 0.600 bits per heavy atom. The molecule has 4 atom stereocenters. The van der Waals surface area contributed by atoms with Crippen LogP contribution in [0.4, 0.5) is 0 Å². The van der Waals surface area contributed by atoms with Crippen molar-refractivity contribution in [2.75, 3.05) is 0 Å². The summed E-state index contributed by atoms with van der Waals surface area (Å²) in [5.41, 5.74) is 10.5. The molecule has 0 fully saturated rings. The molecular formula is C18H27N5O12. The highest BCUT2D eigenvalue weighted by molar-refractivity contribution is 5.95. The number of hydrogen-bond acceptors (Lipinski definition) is 9. The van der Waals surface area contributed by atoms with Crippen molar-refractivity contribution in [1.82, 2.24) is 16.0 Å². The van der Waals surface area contributed by atoms with Crippen molar-refractivity contribution < 1.29 is 58.8 Å².